The molecule has 0 radical (unpaired) electrons. The molecule has 0 spiro atoms. The van der Waals surface area contributed by atoms with Crippen LogP contribution in [0.3, 0.4) is 0 Å². The lowest BCUT2D eigenvalue weighted by Gasteiger charge is -2.22. The summed E-state index contributed by atoms with van der Waals surface area (Å²) in [6.07, 6.45) is -3.37. The summed E-state index contributed by atoms with van der Waals surface area (Å²) in [5.41, 5.74) is 4.94. The molecule has 0 aromatic heterocycles. The van der Waals surface area contributed by atoms with Gasteiger partial charge in [0.15, 0.2) is 5.71 Å². The zero-order chi connectivity index (χ0) is 31.6. The predicted octanol–water partition coefficient (Wildman–Crippen LogP) is 6.63. The van der Waals surface area contributed by atoms with Gasteiger partial charge in [-0.15, -0.1) is 0 Å². The van der Waals surface area contributed by atoms with Gasteiger partial charge in [-0.2, -0.15) is 13.2 Å². The first-order chi connectivity index (χ1) is 20.5. The molecule has 0 N–H and O–H groups in total. The average molecular weight is 602 g/mol. The highest BCUT2D eigenvalue weighted by Crippen LogP contribution is 2.32. The molecule has 0 atom stereocenters. The topological polar surface area (TPSA) is 100 Å². The number of carbonyl (C=O) groups excluding carboxylic acids is 1. The lowest BCUT2D eigenvalue weighted by molar-refractivity contribution is -0.137. The number of alkyl halides is 3. The lowest BCUT2D eigenvalue weighted by Crippen LogP contribution is -2.23. The maximum absolute atomic E-state index is 13.0. The number of hydrogen-bond donors (Lipinski definition) is 0. The van der Waals surface area contributed by atoms with Crippen LogP contribution in [0.25, 0.3) is 0 Å². The summed E-state index contributed by atoms with van der Waals surface area (Å²) in [7, 11) is 4.04. The number of benzene rings is 2. The summed E-state index contributed by atoms with van der Waals surface area (Å²) >= 11 is 0. The number of hydrogen-bond acceptors (Lipinski definition) is 9. The highest BCUT2D eigenvalue weighted by atomic mass is 19.4. The number of rotatable bonds is 12. The van der Waals surface area contributed by atoms with Crippen LogP contribution >= 0.6 is 0 Å². The minimum absolute atomic E-state index is 0.0323. The third-order valence-electron chi connectivity index (χ3n) is 6.68. The SMILES string of the molecule is CO/N=C(\C(C)=N\OCC1=C(/C(=N\OC)C(=O)OC)CC(C)=C(C)C1)c1ccc(OCc2cccc(C(F)(F)F)c2)cc1. The molecule has 0 unspecified atom stereocenters. The first-order valence-electron chi connectivity index (χ1n) is 13.2. The van der Waals surface area contributed by atoms with Crippen molar-refractivity contribution in [2.75, 3.05) is 27.9 Å². The fourth-order valence-electron chi connectivity index (χ4n) is 4.29. The van der Waals surface area contributed by atoms with Gasteiger partial charge in [0, 0.05) is 5.56 Å². The Hall–Kier alpha value is -4.61. The Labute approximate surface area is 248 Å². The molecule has 0 aliphatic heterocycles. The number of esters is 1. The molecule has 230 valence electrons. The van der Waals surface area contributed by atoms with Crippen molar-refractivity contribution in [1.29, 1.82) is 0 Å². The Morgan fingerprint density at radius 1 is 0.860 bits per heavy atom. The van der Waals surface area contributed by atoms with Gasteiger partial charge in [0.25, 0.3) is 0 Å². The average Bonchev–Trinajstić information content (AvgIpc) is 2.99. The summed E-state index contributed by atoms with van der Waals surface area (Å²) in [6.45, 7) is 5.76. The molecule has 43 heavy (non-hydrogen) atoms. The Bertz CT molecular complexity index is 1460. The summed E-state index contributed by atoms with van der Waals surface area (Å²) < 4.78 is 49.5. The van der Waals surface area contributed by atoms with Crippen molar-refractivity contribution in [3.63, 3.8) is 0 Å². The number of carbonyl (C=O) groups is 1. The molecule has 2 aromatic rings. The van der Waals surface area contributed by atoms with Gasteiger partial charge in [-0.1, -0.05) is 38.7 Å². The van der Waals surface area contributed by atoms with Crippen LogP contribution in [-0.4, -0.2) is 51.0 Å². The van der Waals surface area contributed by atoms with Crippen LogP contribution in [0.4, 0.5) is 13.2 Å². The molecule has 0 saturated carbocycles. The number of methoxy groups -OCH3 is 1. The largest absolute Gasteiger partial charge is 0.489 e. The minimum atomic E-state index is -4.42. The second-order valence-electron chi connectivity index (χ2n) is 9.69. The number of nitrogens with zero attached hydrogens (tertiary/aromatic N) is 3. The van der Waals surface area contributed by atoms with Crippen LogP contribution < -0.4 is 4.74 Å². The lowest BCUT2D eigenvalue weighted by atomic mass is 9.85. The van der Waals surface area contributed by atoms with Gasteiger partial charge in [0.1, 0.15) is 44.6 Å². The molecular formula is C31H34F3N3O6. The third-order valence-corrected chi connectivity index (χ3v) is 6.68. The molecule has 2 aromatic carbocycles. The van der Waals surface area contributed by atoms with Gasteiger partial charge in [0.05, 0.1) is 12.7 Å². The zero-order valence-electron chi connectivity index (χ0n) is 24.9. The molecule has 12 heteroatoms. The van der Waals surface area contributed by atoms with E-state index in [-0.39, 0.29) is 18.9 Å². The molecule has 0 saturated heterocycles. The van der Waals surface area contributed by atoms with E-state index in [1.54, 1.807) is 37.3 Å². The standard InChI is InChI=1S/C31H34F3N3O6/c1-19-14-24(27(15-20(19)2)29(37-41-6)30(38)39-4)18-43-35-21(3)28(36-40-5)23-10-12-26(13-11-23)42-17-22-8-7-9-25(16-22)31(32,33)34/h7-13,16H,14-15,17-18H2,1-6H3/b35-21+,36-28+,37-29+. The van der Waals surface area contributed by atoms with Crippen LogP contribution in [0, 0.1) is 0 Å². The first kappa shape index (κ1) is 32.9. The number of halogens is 3. The van der Waals surface area contributed by atoms with Crippen molar-refractivity contribution in [2.24, 2.45) is 15.5 Å². The van der Waals surface area contributed by atoms with E-state index >= 15 is 0 Å². The van der Waals surface area contributed by atoms with E-state index in [4.69, 9.17) is 24.0 Å². The van der Waals surface area contributed by atoms with Gasteiger partial charge in [0.2, 0.25) is 0 Å². The van der Waals surface area contributed by atoms with E-state index in [1.165, 1.54) is 27.4 Å². The Morgan fingerprint density at radius 3 is 2.14 bits per heavy atom. The highest BCUT2D eigenvalue weighted by molar-refractivity contribution is 6.47. The molecule has 0 amide bonds. The van der Waals surface area contributed by atoms with Gasteiger partial charge in [-0.25, -0.2) is 4.79 Å². The van der Waals surface area contributed by atoms with Crippen LogP contribution in [0.5, 0.6) is 5.75 Å². The zero-order valence-corrected chi connectivity index (χ0v) is 24.9. The third kappa shape index (κ3) is 8.94. The monoisotopic (exact) mass is 601 g/mol. The van der Waals surface area contributed by atoms with Crippen LogP contribution in [0.1, 0.15) is 50.3 Å². The second-order valence-corrected chi connectivity index (χ2v) is 9.69. The Balaban J connectivity index is 1.73. The van der Waals surface area contributed by atoms with E-state index in [0.29, 0.717) is 46.7 Å². The van der Waals surface area contributed by atoms with E-state index < -0.39 is 17.7 Å². The second kappa shape index (κ2) is 15.0. The smallest absolute Gasteiger partial charge is 0.416 e. The van der Waals surface area contributed by atoms with E-state index in [2.05, 4.69) is 15.5 Å². The quantitative estimate of drug-likeness (QED) is 0.117. The Kier molecular flexibility index (Phi) is 11.5. The van der Waals surface area contributed by atoms with Crippen molar-refractivity contribution in [2.45, 2.75) is 46.4 Å². The number of allylic oxidation sites excluding steroid dienone is 2. The molecule has 0 heterocycles. The van der Waals surface area contributed by atoms with Gasteiger partial charge < -0.3 is 24.0 Å². The maximum Gasteiger partial charge on any atom is 0.416 e. The van der Waals surface area contributed by atoms with E-state index in [0.717, 1.165) is 28.9 Å². The molecule has 0 bridgehead atoms. The van der Waals surface area contributed by atoms with Crippen LogP contribution in [-0.2, 0) is 36.8 Å². The van der Waals surface area contributed by atoms with E-state index in [9.17, 15) is 18.0 Å². The summed E-state index contributed by atoms with van der Waals surface area (Å²) in [5.74, 6) is -0.156. The van der Waals surface area contributed by atoms with E-state index in [1.807, 2.05) is 13.8 Å². The molecular weight excluding hydrogens is 567 g/mol. The molecule has 1 aliphatic carbocycles. The summed E-state index contributed by atoms with van der Waals surface area (Å²) in [5, 5.41) is 12.2. The van der Waals surface area contributed by atoms with Gasteiger partial charge in [-0.05, 0) is 86.7 Å². The van der Waals surface area contributed by atoms with Gasteiger partial charge >= 0.3 is 12.1 Å². The Morgan fingerprint density at radius 2 is 1.51 bits per heavy atom. The molecule has 3 rings (SSSR count). The highest BCUT2D eigenvalue weighted by Gasteiger charge is 2.30. The molecule has 1 aliphatic rings. The fourth-order valence-corrected chi connectivity index (χ4v) is 4.29. The maximum atomic E-state index is 13.0. The minimum Gasteiger partial charge on any atom is -0.489 e. The number of ether oxygens (including phenoxy) is 2. The predicted molar refractivity (Wildman–Crippen MR) is 156 cm³/mol. The van der Waals surface area contributed by atoms with Gasteiger partial charge in [-0.3, -0.25) is 0 Å². The molecule has 0 fully saturated rings. The summed E-state index contributed by atoms with van der Waals surface area (Å²) in [6, 6.07) is 11.8. The van der Waals surface area contributed by atoms with Crippen LogP contribution in [0.15, 0.2) is 86.3 Å². The fraction of sp³-hybridized carbons (Fsp3) is 0.355. The van der Waals surface area contributed by atoms with Crippen molar-refractivity contribution in [1.82, 2.24) is 0 Å². The van der Waals surface area contributed by atoms with Crippen LogP contribution in [0.2, 0.25) is 0 Å². The molecule has 9 nitrogen and oxygen atoms in total. The normalized spacial score (nSPS) is 15.0. The number of oxime groups is 3. The van der Waals surface area contributed by atoms with Crippen molar-refractivity contribution in [3.05, 3.63) is 87.5 Å². The van der Waals surface area contributed by atoms with Crippen molar-refractivity contribution >= 4 is 23.1 Å². The van der Waals surface area contributed by atoms with Crippen molar-refractivity contribution < 1.29 is 42.0 Å². The van der Waals surface area contributed by atoms with Crippen molar-refractivity contribution in [3.8, 4) is 5.75 Å². The first-order valence-corrected chi connectivity index (χ1v) is 13.2. The summed E-state index contributed by atoms with van der Waals surface area (Å²) in [4.78, 5) is 28.0.